The number of halogens is 1. The van der Waals surface area contributed by atoms with Gasteiger partial charge in [-0.1, -0.05) is 23.7 Å². The summed E-state index contributed by atoms with van der Waals surface area (Å²) in [5, 5.41) is 5.38. The summed E-state index contributed by atoms with van der Waals surface area (Å²) in [5.74, 6) is -1.08. The zero-order valence-corrected chi connectivity index (χ0v) is 19.0. The highest BCUT2D eigenvalue weighted by Crippen LogP contribution is 2.23. The number of rotatable bonds is 7. The molecule has 0 saturated carbocycles. The average Bonchev–Trinajstić information content (AvgIpc) is 2.81. The van der Waals surface area contributed by atoms with E-state index in [0.717, 1.165) is 5.56 Å². The number of carbonyl (C=O) groups excluding carboxylic acids is 2. The van der Waals surface area contributed by atoms with Gasteiger partial charge in [0.05, 0.1) is 25.2 Å². The van der Waals surface area contributed by atoms with Crippen LogP contribution < -0.4 is 15.4 Å². The van der Waals surface area contributed by atoms with Crippen LogP contribution in [-0.4, -0.2) is 57.6 Å². The van der Waals surface area contributed by atoms with Crippen LogP contribution >= 0.6 is 11.6 Å². The molecule has 1 saturated heterocycles. The van der Waals surface area contributed by atoms with Crippen molar-refractivity contribution in [3.05, 3.63) is 59.1 Å². The molecule has 1 heterocycles. The molecule has 0 aliphatic carbocycles. The lowest BCUT2D eigenvalue weighted by atomic mass is 10.2. The number of hydrogen-bond acceptors (Lipinski definition) is 6. The zero-order valence-electron chi connectivity index (χ0n) is 17.4. The van der Waals surface area contributed by atoms with E-state index in [1.54, 1.807) is 24.3 Å². The van der Waals surface area contributed by atoms with Crippen molar-refractivity contribution in [1.29, 1.82) is 0 Å². The number of nitrogens with zero attached hydrogens (tertiary/aromatic N) is 1. The monoisotopic (exact) mass is 481 g/mol. The Morgan fingerprint density at radius 3 is 2.59 bits per heavy atom. The molecule has 0 radical (unpaired) electrons. The smallest absolute Gasteiger partial charge is 0.309 e. The molecular formula is C21H24ClN3O6S. The molecule has 1 unspecified atom stereocenters. The van der Waals surface area contributed by atoms with Crippen molar-refractivity contribution in [2.45, 2.75) is 24.1 Å². The molecule has 1 aliphatic rings. The Morgan fingerprint density at radius 2 is 1.88 bits per heavy atom. The zero-order chi connectivity index (χ0) is 23.1. The summed E-state index contributed by atoms with van der Waals surface area (Å²) in [5.41, 5.74) is 0.765. The Balaban J connectivity index is 1.58. The summed E-state index contributed by atoms with van der Waals surface area (Å²) in [4.78, 5) is 24.4. The molecule has 1 fully saturated rings. The van der Waals surface area contributed by atoms with Gasteiger partial charge in [-0.3, -0.25) is 9.59 Å². The van der Waals surface area contributed by atoms with Gasteiger partial charge in [-0.15, -0.1) is 0 Å². The van der Waals surface area contributed by atoms with Crippen molar-refractivity contribution in [1.82, 2.24) is 14.9 Å². The number of methoxy groups -OCH3 is 1. The predicted molar refractivity (Wildman–Crippen MR) is 118 cm³/mol. The number of amides is 2. The minimum atomic E-state index is -3.86. The quantitative estimate of drug-likeness (QED) is 0.579. The fourth-order valence-corrected chi connectivity index (χ4v) is 4.84. The van der Waals surface area contributed by atoms with Crippen LogP contribution in [0.25, 0.3) is 0 Å². The number of nitrogens with one attached hydrogen (secondary N) is 2. The van der Waals surface area contributed by atoms with E-state index < -0.39 is 28.1 Å². The van der Waals surface area contributed by atoms with E-state index in [1.165, 1.54) is 35.7 Å². The highest BCUT2D eigenvalue weighted by Gasteiger charge is 2.34. The van der Waals surface area contributed by atoms with Crippen LogP contribution in [0.1, 0.15) is 12.0 Å². The molecule has 0 bridgehead atoms. The number of carbonyl (C=O) groups is 2. The second-order valence-corrected chi connectivity index (χ2v) is 9.32. The van der Waals surface area contributed by atoms with Crippen LogP contribution in [0.2, 0.25) is 5.02 Å². The first-order chi connectivity index (χ1) is 15.3. The Morgan fingerprint density at radius 1 is 1.16 bits per heavy atom. The SMILES string of the molecule is COc1cccc(CNC(=O)C(=O)NCC2OCCCN2S(=O)(=O)c2ccc(Cl)cc2)c1. The topological polar surface area (TPSA) is 114 Å². The molecule has 1 atom stereocenters. The Kier molecular flexibility index (Phi) is 8.08. The summed E-state index contributed by atoms with van der Waals surface area (Å²) in [6.07, 6.45) is -0.419. The minimum Gasteiger partial charge on any atom is -0.497 e. The van der Waals surface area contributed by atoms with Crippen LogP contribution in [-0.2, 0) is 30.9 Å². The molecular weight excluding hydrogens is 458 g/mol. The highest BCUT2D eigenvalue weighted by atomic mass is 35.5. The van der Waals surface area contributed by atoms with Crippen molar-refractivity contribution in [2.24, 2.45) is 0 Å². The number of benzene rings is 2. The third-order valence-corrected chi connectivity index (χ3v) is 6.96. The molecule has 2 aromatic carbocycles. The highest BCUT2D eigenvalue weighted by molar-refractivity contribution is 7.89. The van der Waals surface area contributed by atoms with Crippen LogP contribution in [0.15, 0.2) is 53.4 Å². The standard InChI is InChI=1S/C21H24ClN3O6S/c1-30-17-5-2-4-15(12-17)13-23-20(26)21(27)24-14-19-25(10-3-11-31-19)32(28,29)18-8-6-16(22)7-9-18/h2,4-9,12,19H,3,10-11,13-14H2,1H3,(H,23,26)(H,24,27). The molecule has 2 N–H and O–H groups in total. The number of hydrogen-bond donors (Lipinski definition) is 2. The molecule has 11 heteroatoms. The average molecular weight is 482 g/mol. The lowest BCUT2D eigenvalue weighted by Gasteiger charge is -2.34. The van der Waals surface area contributed by atoms with Gasteiger partial charge in [0.1, 0.15) is 12.0 Å². The second kappa shape index (κ2) is 10.8. The first-order valence-corrected chi connectivity index (χ1v) is 11.7. The number of ether oxygens (including phenoxy) is 2. The van der Waals surface area contributed by atoms with Crippen LogP contribution in [0.4, 0.5) is 0 Å². The largest absolute Gasteiger partial charge is 0.497 e. The molecule has 3 rings (SSSR count). The van der Waals surface area contributed by atoms with E-state index in [9.17, 15) is 18.0 Å². The van der Waals surface area contributed by atoms with E-state index in [1.807, 2.05) is 0 Å². The molecule has 0 aromatic heterocycles. The molecule has 172 valence electrons. The van der Waals surface area contributed by atoms with Crippen molar-refractivity contribution in [3.63, 3.8) is 0 Å². The minimum absolute atomic E-state index is 0.0692. The van der Waals surface area contributed by atoms with Crippen LogP contribution in [0.5, 0.6) is 5.75 Å². The van der Waals surface area contributed by atoms with E-state index in [2.05, 4.69) is 10.6 Å². The maximum atomic E-state index is 13.0. The first kappa shape index (κ1) is 24.0. The van der Waals surface area contributed by atoms with Crippen molar-refractivity contribution >= 4 is 33.4 Å². The Hall–Kier alpha value is -2.66. The summed E-state index contributed by atoms with van der Waals surface area (Å²) >= 11 is 5.85. The van der Waals surface area contributed by atoms with Gasteiger partial charge in [-0.25, -0.2) is 8.42 Å². The molecule has 9 nitrogen and oxygen atoms in total. The summed E-state index contributed by atoms with van der Waals surface area (Å²) < 4.78 is 37.9. The third-order valence-electron chi connectivity index (χ3n) is 4.81. The van der Waals surface area contributed by atoms with Crippen LogP contribution in [0.3, 0.4) is 0 Å². The van der Waals surface area contributed by atoms with E-state index >= 15 is 0 Å². The van der Waals surface area contributed by atoms with Gasteiger partial charge < -0.3 is 20.1 Å². The fourth-order valence-electron chi connectivity index (χ4n) is 3.15. The summed E-state index contributed by atoms with van der Waals surface area (Å²) in [7, 11) is -2.33. The molecule has 2 aromatic rings. The molecule has 32 heavy (non-hydrogen) atoms. The fraction of sp³-hybridized carbons (Fsp3) is 0.333. The first-order valence-electron chi connectivity index (χ1n) is 9.89. The van der Waals surface area contributed by atoms with Gasteiger partial charge >= 0.3 is 11.8 Å². The molecule has 1 aliphatic heterocycles. The van der Waals surface area contributed by atoms with Gasteiger partial charge in [0.25, 0.3) is 0 Å². The summed E-state index contributed by atoms with van der Waals surface area (Å²) in [6, 6.07) is 12.9. The normalized spacial score (nSPS) is 16.9. The van der Waals surface area contributed by atoms with E-state index in [-0.39, 0.29) is 24.5 Å². The maximum absolute atomic E-state index is 13.0. The molecule has 0 spiro atoms. The van der Waals surface area contributed by atoms with E-state index in [0.29, 0.717) is 23.8 Å². The maximum Gasteiger partial charge on any atom is 0.309 e. The predicted octanol–water partition coefficient (Wildman–Crippen LogP) is 1.52. The van der Waals surface area contributed by atoms with E-state index in [4.69, 9.17) is 21.1 Å². The molecule has 2 amide bonds. The Labute approximate surface area is 191 Å². The van der Waals surface area contributed by atoms with Gasteiger partial charge in [0.15, 0.2) is 0 Å². The third kappa shape index (κ3) is 5.98. The van der Waals surface area contributed by atoms with Gasteiger partial charge in [0, 0.05) is 18.1 Å². The lowest BCUT2D eigenvalue weighted by Crippen LogP contribution is -2.53. The number of sulfonamides is 1. The second-order valence-electron chi connectivity index (χ2n) is 6.99. The van der Waals surface area contributed by atoms with Crippen LogP contribution in [0, 0.1) is 0 Å². The summed E-state index contributed by atoms with van der Waals surface area (Å²) in [6.45, 7) is 0.543. The van der Waals surface area contributed by atoms with Crippen molar-refractivity contribution < 1.29 is 27.5 Å². The van der Waals surface area contributed by atoms with Gasteiger partial charge in [-0.05, 0) is 48.4 Å². The van der Waals surface area contributed by atoms with Crippen molar-refractivity contribution in [3.8, 4) is 5.75 Å². The van der Waals surface area contributed by atoms with Crippen molar-refractivity contribution in [2.75, 3.05) is 26.8 Å². The van der Waals surface area contributed by atoms with Gasteiger partial charge in [-0.2, -0.15) is 4.31 Å². The van der Waals surface area contributed by atoms with Gasteiger partial charge in [0.2, 0.25) is 10.0 Å². The lowest BCUT2D eigenvalue weighted by molar-refractivity contribution is -0.140. The Bertz CT molecular complexity index is 1060.